The quantitative estimate of drug-likeness (QED) is 0.659. The lowest BCUT2D eigenvalue weighted by atomic mass is 10.1. The van der Waals surface area contributed by atoms with E-state index in [1.807, 2.05) is 5.83 Å². The SMILES string of the molecule is CBr.CC(=O)c1ccccc1NS(=O)(=O)c1ccccc1. The van der Waals surface area contributed by atoms with E-state index in [1.54, 1.807) is 42.5 Å². The Morgan fingerprint density at radius 3 is 2.05 bits per heavy atom. The Morgan fingerprint density at radius 2 is 1.48 bits per heavy atom. The lowest BCUT2D eigenvalue weighted by molar-refractivity contribution is 0.101. The van der Waals surface area contributed by atoms with Crippen molar-refractivity contribution < 1.29 is 13.2 Å². The Kier molecular flexibility index (Phi) is 6.58. The van der Waals surface area contributed by atoms with E-state index in [2.05, 4.69) is 20.7 Å². The summed E-state index contributed by atoms with van der Waals surface area (Å²) >= 11 is 2.94. The van der Waals surface area contributed by atoms with Gasteiger partial charge < -0.3 is 0 Å². The molecule has 0 spiro atoms. The van der Waals surface area contributed by atoms with Crippen molar-refractivity contribution in [3.05, 3.63) is 60.2 Å². The highest BCUT2D eigenvalue weighted by Gasteiger charge is 2.16. The number of halogens is 1. The van der Waals surface area contributed by atoms with Gasteiger partial charge in [-0.2, -0.15) is 0 Å². The fourth-order valence-electron chi connectivity index (χ4n) is 1.68. The third kappa shape index (κ3) is 4.68. The number of rotatable bonds is 4. The highest BCUT2D eigenvalue weighted by Crippen LogP contribution is 2.20. The highest BCUT2D eigenvalue weighted by atomic mass is 79.9. The third-order valence-electron chi connectivity index (χ3n) is 2.60. The van der Waals surface area contributed by atoms with Crippen molar-refractivity contribution in [1.29, 1.82) is 0 Å². The largest absolute Gasteiger partial charge is 0.294 e. The van der Waals surface area contributed by atoms with Gasteiger partial charge in [-0.25, -0.2) is 8.42 Å². The normalized spacial score (nSPS) is 10.2. The first-order chi connectivity index (χ1) is 10.0. The van der Waals surface area contributed by atoms with Crippen LogP contribution in [0.15, 0.2) is 59.5 Å². The molecule has 112 valence electrons. The number of hydrogen-bond donors (Lipinski definition) is 1. The number of Topliss-reactive ketones (excluding diaryl/α,β-unsaturated/α-hetero) is 1. The van der Waals surface area contributed by atoms with Crippen molar-refractivity contribution >= 4 is 37.4 Å². The minimum Gasteiger partial charge on any atom is -0.294 e. The van der Waals surface area contributed by atoms with Gasteiger partial charge in [0.05, 0.1) is 10.6 Å². The second-order valence-electron chi connectivity index (χ2n) is 4.02. The van der Waals surface area contributed by atoms with Crippen molar-refractivity contribution in [3.63, 3.8) is 0 Å². The minimum absolute atomic E-state index is 0.161. The molecule has 2 aromatic carbocycles. The lowest BCUT2D eigenvalue weighted by Crippen LogP contribution is -2.14. The molecule has 0 bridgehead atoms. The third-order valence-corrected chi connectivity index (χ3v) is 3.99. The fourth-order valence-corrected chi connectivity index (χ4v) is 2.78. The molecule has 6 heteroatoms. The van der Waals surface area contributed by atoms with Crippen LogP contribution in [0.3, 0.4) is 0 Å². The zero-order valence-electron chi connectivity index (χ0n) is 11.7. The van der Waals surface area contributed by atoms with Crippen molar-refractivity contribution in [3.8, 4) is 0 Å². The van der Waals surface area contributed by atoms with Crippen LogP contribution < -0.4 is 4.72 Å². The summed E-state index contributed by atoms with van der Waals surface area (Å²) in [6.07, 6.45) is 0. The molecule has 0 aliphatic heterocycles. The number of alkyl halides is 1. The number of benzene rings is 2. The van der Waals surface area contributed by atoms with Crippen molar-refractivity contribution in [2.24, 2.45) is 0 Å². The first-order valence-electron chi connectivity index (χ1n) is 6.06. The molecular weight excluding hydrogens is 354 g/mol. The predicted octanol–water partition coefficient (Wildman–Crippen LogP) is 3.70. The van der Waals surface area contributed by atoms with E-state index in [1.165, 1.54) is 19.1 Å². The van der Waals surface area contributed by atoms with Gasteiger partial charge in [0.2, 0.25) is 0 Å². The van der Waals surface area contributed by atoms with Crippen LogP contribution in [0.1, 0.15) is 17.3 Å². The molecule has 0 aromatic heterocycles. The summed E-state index contributed by atoms with van der Waals surface area (Å²) in [7, 11) is -3.67. The maximum absolute atomic E-state index is 12.2. The zero-order valence-corrected chi connectivity index (χ0v) is 14.1. The second-order valence-corrected chi connectivity index (χ2v) is 5.70. The minimum atomic E-state index is -3.67. The van der Waals surface area contributed by atoms with Crippen LogP contribution in [0.5, 0.6) is 0 Å². The molecule has 2 aromatic rings. The van der Waals surface area contributed by atoms with Crippen LogP contribution in [0.25, 0.3) is 0 Å². The Balaban J connectivity index is 0.00000106. The molecule has 0 aliphatic carbocycles. The summed E-state index contributed by atoms with van der Waals surface area (Å²) < 4.78 is 26.7. The van der Waals surface area contributed by atoms with Gasteiger partial charge in [0, 0.05) is 5.56 Å². The van der Waals surface area contributed by atoms with E-state index >= 15 is 0 Å². The molecule has 0 heterocycles. The van der Waals surface area contributed by atoms with Gasteiger partial charge >= 0.3 is 0 Å². The monoisotopic (exact) mass is 369 g/mol. The smallest absolute Gasteiger partial charge is 0.261 e. The fraction of sp³-hybridized carbons (Fsp3) is 0.133. The first-order valence-corrected chi connectivity index (χ1v) is 9.13. The van der Waals surface area contributed by atoms with Crippen LogP contribution in [-0.4, -0.2) is 20.0 Å². The first kappa shape index (κ1) is 17.4. The maximum atomic E-state index is 12.2. The lowest BCUT2D eigenvalue weighted by Gasteiger charge is -2.10. The van der Waals surface area contributed by atoms with Crippen molar-refractivity contribution in [1.82, 2.24) is 0 Å². The van der Waals surface area contributed by atoms with E-state index < -0.39 is 10.0 Å². The molecular formula is C15H16BrNO3S. The molecule has 1 N–H and O–H groups in total. The number of para-hydroxylation sites is 1. The highest BCUT2D eigenvalue weighted by molar-refractivity contribution is 9.08. The van der Waals surface area contributed by atoms with Crippen LogP contribution >= 0.6 is 15.9 Å². The Morgan fingerprint density at radius 1 is 0.952 bits per heavy atom. The number of carbonyl (C=O) groups excluding carboxylic acids is 1. The van der Waals surface area contributed by atoms with Crippen LogP contribution in [0.2, 0.25) is 0 Å². The average Bonchev–Trinajstić information content (AvgIpc) is 2.50. The molecule has 0 saturated carbocycles. The Labute approximate surface area is 133 Å². The number of hydrogen-bond acceptors (Lipinski definition) is 3. The van der Waals surface area contributed by atoms with Crippen molar-refractivity contribution in [2.45, 2.75) is 11.8 Å². The maximum Gasteiger partial charge on any atom is 0.261 e. The molecule has 0 atom stereocenters. The Bertz CT molecular complexity index is 700. The molecule has 0 amide bonds. The van der Waals surface area contributed by atoms with Gasteiger partial charge in [-0.3, -0.25) is 9.52 Å². The van der Waals surface area contributed by atoms with Gasteiger partial charge in [0.15, 0.2) is 5.78 Å². The van der Waals surface area contributed by atoms with Gasteiger partial charge in [-0.15, -0.1) is 0 Å². The van der Waals surface area contributed by atoms with Crippen molar-refractivity contribution in [2.75, 3.05) is 10.6 Å². The molecule has 0 unspecified atom stereocenters. The molecule has 0 radical (unpaired) electrons. The van der Waals surface area contributed by atoms with Crippen LogP contribution in [0, 0.1) is 0 Å². The zero-order chi connectivity index (χ0) is 15.9. The van der Waals surface area contributed by atoms with Crippen LogP contribution in [0.4, 0.5) is 5.69 Å². The van der Waals surface area contributed by atoms with Gasteiger partial charge in [0.1, 0.15) is 0 Å². The van der Waals surface area contributed by atoms with E-state index in [0.717, 1.165) is 0 Å². The average molecular weight is 370 g/mol. The number of sulfonamides is 1. The topological polar surface area (TPSA) is 63.2 Å². The van der Waals surface area contributed by atoms with Crippen LogP contribution in [-0.2, 0) is 10.0 Å². The molecule has 0 fully saturated rings. The van der Waals surface area contributed by atoms with Gasteiger partial charge in [0.25, 0.3) is 10.0 Å². The summed E-state index contributed by atoms with van der Waals surface area (Å²) in [5.41, 5.74) is 0.640. The molecule has 21 heavy (non-hydrogen) atoms. The Hall–Kier alpha value is -1.66. The summed E-state index contributed by atoms with van der Waals surface area (Å²) in [5, 5.41) is 0. The molecule has 4 nitrogen and oxygen atoms in total. The number of anilines is 1. The second kappa shape index (κ2) is 7.95. The molecule has 0 saturated heterocycles. The summed E-state index contributed by atoms with van der Waals surface area (Å²) in [4.78, 5) is 11.6. The van der Waals surface area contributed by atoms with Gasteiger partial charge in [-0.1, -0.05) is 46.3 Å². The van der Waals surface area contributed by atoms with E-state index in [-0.39, 0.29) is 10.7 Å². The molecule has 2 rings (SSSR count). The summed E-state index contributed by atoms with van der Waals surface area (Å²) in [5.74, 6) is 1.62. The van der Waals surface area contributed by atoms with E-state index in [9.17, 15) is 13.2 Å². The molecule has 0 aliphatic rings. The standard InChI is InChI=1S/C14H13NO3S.CH3Br/c1-11(16)13-9-5-6-10-14(13)15-19(17,18)12-7-3-2-4-8-12;1-2/h2-10,15H,1H3;1H3. The summed E-state index contributed by atoms with van der Waals surface area (Å²) in [6, 6.07) is 14.5. The van der Waals surface area contributed by atoms with E-state index in [4.69, 9.17) is 0 Å². The number of nitrogens with one attached hydrogen (secondary N) is 1. The number of carbonyl (C=O) groups is 1. The predicted molar refractivity (Wildman–Crippen MR) is 88.5 cm³/mol. The van der Waals surface area contributed by atoms with Gasteiger partial charge in [-0.05, 0) is 37.0 Å². The van der Waals surface area contributed by atoms with E-state index in [0.29, 0.717) is 11.3 Å². The summed E-state index contributed by atoms with van der Waals surface area (Å²) in [6.45, 7) is 1.40. The number of ketones is 1.